The quantitative estimate of drug-likeness (QED) is 0.813. The first-order valence-corrected chi connectivity index (χ1v) is 8.47. The van der Waals surface area contributed by atoms with E-state index in [1.54, 1.807) is 49.5 Å². The fourth-order valence-corrected chi connectivity index (χ4v) is 4.13. The average Bonchev–Trinajstić information content (AvgIpc) is 2.39. The minimum absolute atomic E-state index is 0.254. The van der Waals surface area contributed by atoms with Crippen LogP contribution in [0, 0.1) is 0 Å². The molecule has 0 heterocycles. The summed E-state index contributed by atoms with van der Waals surface area (Å²) in [7, 11) is -1.99. The lowest BCUT2D eigenvalue weighted by atomic mass is 10.2. The molecule has 0 amide bonds. The van der Waals surface area contributed by atoms with E-state index in [-0.39, 0.29) is 11.4 Å². The van der Waals surface area contributed by atoms with Crippen LogP contribution < -0.4 is 0 Å². The van der Waals surface area contributed by atoms with Crippen LogP contribution in [0.2, 0.25) is 5.02 Å². The molecular formula is C14H13BrClNO2S. The van der Waals surface area contributed by atoms with Crippen LogP contribution in [0.3, 0.4) is 0 Å². The standard InChI is InChI=1S/C14H13BrClNO2S/c1-17(10-11-5-4-6-12(16)9-11)20(18,19)14-8-3-2-7-13(14)15/h2-9H,10H2,1H3. The van der Waals surface area contributed by atoms with Crippen molar-refractivity contribution < 1.29 is 8.42 Å². The smallest absolute Gasteiger partial charge is 0.207 e. The van der Waals surface area contributed by atoms with Crippen LogP contribution in [0.1, 0.15) is 5.56 Å². The molecule has 0 aliphatic heterocycles. The Kier molecular flexibility index (Phi) is 4.86. The van der Waals surface area contributed by atoms with Crippen LogP contribution >= 0.6 is 27.5 Å². The van der Waals surface area contributed by atoms with Gasteiger partial charge in [0.2, 0.25) is 10.0 Å². The van der Waals surface area contributed by atoms with Crippen molar-refractivity contribution in [2.24, 2.45) is 0 Å². The fourth-order valence-electron chi connectivity index (χ4n) is 1.80. The topological polar surface area (TPSA) is 37.4 Å². The maximum atomic E-state index is 12.5. The summed E-state index contributed by atoms with van der Waals surface area (Å²) >= 11 is 9.18. The molecule has 3 nitrogen and oxygen atoms in total. The molecule has 0 saturated carbocycles. The van der Waals surface area contributed by atoms with E-state index in [0.29, 0.717) is 9.50 Å². The predicted molar refractivity (Wildman–Crippen MR) is 84.2 cm³/mol. The van der Waals surface area contributed by atoms with Crippen molar-refractivity contribution in [1.29, 1.82) is 0 Å². The molecule has 2 aromatic rings. The van der Waals surface area contributed by atoms with E-state index in [0.717, 1.165) is 5.56 Å². The van der Waals surface area contributed by atoms with Crippen LogP contribution in [-0.4, -0.2) is 19.8 Å². The van der Waals surface area contributed by atoms with E-state index in [1.165, 1.54) is 4.31 Å². The van der Waals surface area contributed by atoms with Gasteiger partial charge in [0.25, 0.3) is 0 Å². The summed E-state index contributed by atoms with van der Waals surface area (Å²) in [5, 5.41) is 0.592. The molecule has 106 valence electrons. The molecule has 0 aromatic heterocycles. The zero-order valence-electron chi connectivity index (χ0n) is 10.8. The zero-order valence-corrected chi connectivity index (χ0v) is 13.9. The van der Waals surface area contributed by atoms with Gasteiger partial charge in [-0.2, -0.15) is 4.31 Å². The molecule has 0 spiro atoms. The molecular weight excluding hydrogens is 362 g/mol. The summed E-state index contributed by atoms with van der Waals surface area (Å²) in [5.41, 5.74) is 0.843. The Morgan fingerprint density at radius 2 is 1.85 bits per heavy atom. The second-order valence-corrected chi connectivity index (χ2v) is 7.63. The predicted octanol–water partition coefficient (Wildman–Crippen LogP) is 3.92. The Morgan fingerprint density at radius 1 is 1.15 bits per heavy atom. The Labute approximate surface area is 132 Å². The van der Waals surface area contributed by atoms with Crippen molar-refractivity contribution in [3.8, 4) is 0 Å². The highest BCUT2D eigenvalue weighted by Crippen LogP contribution is 2.25. The monoisotopic (exact) mass is 373 g/mol. The van der Waals surface area contributed by atoms with Crippen molar-refractivity contribution in [3.63, 3.8) is 0 Å². The highest BCUT2D eigenvalue weighted by molar-refractivity contribution is 9.10. The number of hydrogen-bond donors (Lipinski definition) is 0. The summed E-state index contributed by atoms with van der Waals surface area (Å²) in [5.74, 6) is 0. The van der Waals surface area contributed by atoms with Gasteiger partial charge in [0, 0.05) is 23.1 Å². The molecule has 2 rings (SSSR count). The van der Waals surface area contributed by atoms with Crippen molar-refractivity contribution in [3.05, 3.63) is 63.6 Å². The third kappa shape index (κ3) is 3.41. The summed E-state index contributed by atoms with van der Waals surface area (Å²) < 4.78 is 26.9. The second kappa shape index (κ2) is 6.26. The molecule has 0 atom stereocenters. The van der Waals surface area contributed by atoms with Crippen molar-refractivity contribution >= 4 is 37.6 Å². The zero-order chi connectivity index (χ0) is 14.8. The van der Waals surface area contributed by atoms with Gasteiger partial charge in [-0.15, -0.1) is 0 Å². The molecule has 0 fully saturated rings. The largest absolute Gasteiger partial charge is 0.244 e. The lowest BCUT2D eigenvalue weighted by Gasteiger charge is -2.18. The van der Waals surface area contributed by atoms with Gasteiger partial charge in [-0.25, -0.2) is 8.42 Å². The SMILES string of the molecule is CN(Cc1cccc(Cl)c1)S(=O)(=O)c1ccccc1Br. The summed E-state index contributed by atoms with van der Waals surface area (Å²) in [4.78, 5) is 0.254. The summed E-state index contributed by atoms with van der Waals surface area (Å²) in [6.45, 7) is 0.268. The molecule has 6 heteroatoms. The molecule has 0 unspecified atom stereocenters. The molecule has 0 saturated heterocycles. The van der Waals surface area contributed by atoms with Gasteiger partial charge in [-0.05, 0) is 45.8 Å². The number of sulfonamides is 1. The van der Waals surface area contributed by atoms with Crippen LogP contribution in [0.15, 0.2) is 57.9 Å². The van der Waals surface area contributed by atoms with Crippen molar-refractivity contribution in [2.75, 3.05) is 7.05 Å². The molecule has 0 radical (unpaired) electrons. The van der Waals surface area contributed by atoms with E-state index in [1.807, 2.05) is 6.07 Å². The summed E-state index contributed by atoms with van der Waals surface area (Å²) in [6.07, 6.45) is 0. The van der Waals surface area contributed by atoms with Crippen molar-refractivity contribution in [1.82, 2.24) is 4.31 Å². The fraction of sp³-hybridized carbons (Fsp3) is 0.143. The highest BCUT2D eigenvalue weighted by atomic mass is 79.9. The van der Waals surface area contributed by atoms with Crippen LogP contribution in [0.5, 0.6) is 0 Å². The van der Waals surface area contributed by atoms with Gasteiger partial charge >= 0.3 is 0 Å². The van der Waals surface area contributed by atoms with Crippen molar-refractivity contribution in [2.45, 2.75) is 11.4 Å². The number of benzene rings is 2. The Bertz CT molecular complexity index is 719. The molecule has 2 aromatic carbocycles. The van der Waals surface area contributed by atoms with Gasteiger partial charge in [-0.3, -0.25) is 0 Å². The Balaban J connectivity index is 2.29. The third-order valence-electron chi connectivity index (χ3n) is 2.82. The van der Waals surface area contributed by atoms with Gasteiger partial charge in [-0.1, -0.05) is 35.9 Å². The molecule has 0 N–H and O–H groups in total. The normalized spacial score (nSPS) is 11.8. The first kappa shape index (κ1) is 15.5. The van der Waals surface area contributed by atoms with Crippen LogP contribution in [-0.2, 0) is 16.6 Å². The first-order valence-electron chi connectivity index (χ1n) is 5.86. The van der Waals surface area contributed by atoms with E-state index in [4.69, 9.17) is 11.6 Å². The number of hydrogen-bond acceptors (Lipinski definition) is 2. The molecule has 20 heavy (non-hydrogen) atoms. The highest BCUT2D eigenvalue weighted by Gasteiger charge is 2.23. The van der Waals surface area contributed by atoms with E-state index >= 15 is 0 Å². The lowest BCUT2D eigenvalue weighted by molar-refractivity contribution is 0.466. The van der Waals surface area contributed by atoms with E-state index in [9.17, 15) is 8.42 Å². The number of nitrogens with zero attached hydrogens (tertiary/aromatic N) is 1. The third-order valence-corrected chi connectivity index (χ3v) is 5.87. The van der Waals surface area contributed by atoms with Gasteiger partial charge in [0.15, 0.2) is 0 Å². The van der Waals surface area contributed by atoms with Gasteiger partial charge < -0.3 is 0 Å². The van der Waals surface area contributed by atoms with Gasteiger partial charge in [0.05, 0.1) is 4.90 Å². The number of rotatable bonds is 4. The summed E-state index contributed by atoms with van der Waals surface area (Å²) in [6, 6.07) is 13.9. The maximum Gasteiger partial charge on any atom is 0.244 e. The number of halogens is 2. The molecule has 0 aliphatic carbocycles. The minimum atomic E-state index is -3.54. The van der Waals surface area contributed by atoms with E-state index in [2.05, 4.69) is 15.9 Å². The lowest BCUT2D eigenvalue weighted by Crippen LogP contribution is -2.26. The van der Waals surface area contributed by atoms with Crippen LogP contribution in [0.25, 0.3) is 0 Å². The first-order chi connectivity index (χ1) is 9.41. The molecule has 0 bridgehead atoms. The van der Waals surface area contributed by atoms with E-state index < -0.39 is 10.0 Å². The Morgan fingerprint density at radius 3 is 2.50 bits per heavy atom. The average molecular weight is 375 g/mol. The Hall–Kier alpha value is -0.880. The maximum absolute atomic E-state index is 12.5. The molecule has 0 aliphatic rings. The second-order valence-electron chi connectivity index (χ2n) is 4.32. The van der Waals surface area contributed by atoms with Crippen LogP contribution in [0.4, 0.5) is 0 Å². The minimum Gasteiger partial charge on any atom is -0.207 e. The van der Waals surface area contributed by atoms with Gasteiger partial charge in [0.1, 0.15) is 0 Å².